The van der Waals surface area contributed by atoms with Gasteiger partial charge >= 0.3 is 0 Å². The fourth-order valence-corrected chi connectivity index (χ4v) is 6.16. The molecule has 0 spiro atoms. The summed E-state index contributed by atoms with van der Waals surface area (Å²) in [6, 6.07) is 20.1. The van der Waals surface area contributed by atoms with Crippen LogP contribution in [0.5, 0.6) is 0 Å². The molecular weight excluding hydrogens is 490 g/mol. The molecule has 1 fully saturated rings. The molecule has 5 rings (SSSR count). The molecule has 0 bridgehead atoms. The van der Waals surface area contributed by atoms with Gasteiger partial charge in [-0.2, -0.15) is 10.2 Å². The summed E-state index contributed by atoms with van der Waals surface area (Å²) in [5.74, 6) is 0.303. The summed E-state index contributed by atoms with van der Waals surface area (Å²) in [6.45, 7) is 2.73. The second-order valence-corrected chi connectivity index (χ2v) is 10.5. The van der Waals surface area contributed by atoms with Gasteiger partial charge in [-0.3, -0.25) is 9.48 Å². The highest BCUT2D eigenvalue weighted by atomic mass is 16.5. The number of amides is 1. The van der Waals surface area contributed by atoms with Crippen molar-refractivity contribution in [3.8, 4) is 16.9 Å². The molecule has 4 atom stereocenters. The molecule has 1 aliphatic rings. The van der Waals surface area contributed by atoms with Crippen LogP contribution in [-0.2, 0) is 23.0 Å². The zero-order valence-corrected chi connectivity index (χ0v) is 22.8. The molecule has 8 heteroatoms. The second-order valence-electron chi connectivity index (χ2n) is 10.5. The van der Waals surface area contributed by atoms with Crippen LogP contribution in [0.4, 0.5) is 0 Å². The smallest absolute Gasteiger partial charge is 0.226 e. The van der Waals surface area contributed by atoms with Gasteiger partial charge < -0.3 is 15.2 Å². The average molecular weight is 528 g/mol. The Bertz CT molecular complexity index is 1380. The monoisotopic (exact) mass is 527 g/mol. The molecule has 39 heavy (non-hydrogen) atoms. The van der Waals surface area contributed by atoms with E-state index in [0.29, 0.717) is 6.61 Å². The molecule has 204 valence electrons. The van der Waals surface area contributed by atoms with Gasteiger partial charge in [0.25, 0.3) is 0 Å². The third-order valence-electron chi connectivity index (χ3n) is 8.04. The van der Waals surface area contributed by atoms with Crippen LogP contribution < -0.4 is 5.32 Å². The Balaban J connectivity index is 1.44. The molecule has 2 aromatic carbocycles. The van der Waals surface area contributed by atoms with Crippen LogP contribution >= 0.6 is 0 Å². The van der Waals surface area contributed by atoms with E-state index in [4.69, 9.17) is 9.84 Å². The number of methoxy groups -OCH3 is 1. The van der Waals surface area contributed by atoms with E-state index in [2.05, 4.69) is 22.5 Å². The maximum atomic E-state index is 13.7. The fraction of sp³-hybridized carbons (Fsp3) is 0.387. The summed E-state index contributed by atoms with van der Waals surface area (Å²) in [6.07, 6.45) is 5.58. The number of aliphatic hydroxyl groups is 1. The van der Waals surface area contributed by atoms with E-state index in [1.165, 1.54) is 0 Å². The Kier molecular flexibility index (Phi) is 8.24. The van der Waals surface area contributed by atoms with Crippen molar-refractivity contribution in [2.75, 3.05) is 20.3 Å². The minimum atomic E-state index is -0.0786. The standard InChI is InChI=1S/C31H37N5O3/c1-21-28(36(25-12-8-5-9-13-25)34-31(21)24-18-32-35(2)19-24)17-29(38)33-27-16-23(14-15-39-3)26(20-37)30(27)22-10-6-4-7-11-22/h4-13,18-19,23,26-27,30,37H,14-17,20H2,1-3H3,(H,33,38)/t23-,26+,27-,30-/m1/s1. The lowest BCUT2D eigenvalue weighted by atomic mass is 9.83. The molecule has 0 radical (unpaired) electrons. The van der Waals surface area contributed by atoms with Crippen LogP contribution in [0.15, 0.2) is 73.1 Å². The second kappa shape index (κ2) is 12.0. The van der Waals surface area contributed by atoms with Crippen LogP contribution in [-0.4, -0.2) is 56.9 Å². The van der Waals surface area contributed by atoms with Crippen LogP contribution in [0.2, 0.25) is 0 Å². The molecule has 8 nitrogen and oxygen atoms in total. The Morgan fingerprint density at radius 3 is 2.49 bits per heavy atom. The third-order valence-corrected chi connectivity index (χ3v) is 8.04. The quantitative estimate of drug-likeness (QED) is 0.324. The molecule has 0 unspecified atom stereocenters. The van der Waals surface area contributed by atoms with E-state index < -0.39 is 0 Å². The van der Waals surface area contributed by atoms with Crippen molar-refractivity contribution in [2.24, 2.45) is 18.9 Å². The number of carbonyl (C=O) groups is 1. The van der Waals surface area contributed by atoms with E-state index in [1.54, 1.807) is 18.0 Å². The Morgan fingerprint density at radius 1 is 1.13 bits per heavy atom. The first-order chi connectivity index (χ1) is 19.0. The number of aromatic nitrogens is 4. The molecule has 0 saturated heterocycles. The molecule has 0 aliphatic heterocycles. The predicted molar refractivity (Wildman–Crippen MR) is 150 cm³/mol. The number of hydrogen-bond acceptors (Lipinski definition) is 5. The van der Waals surface area contributed by atoms with Crippen molar-refractivity contribution in [1.29, 1.82) is 0 Å². The first kappa shape index (κ1) is 26.8. The van der Waals surface area contributed by atoms with Crippen LogP contribution in [0.1, 0.15) is 35.6 Å². The summed E-state index contributed by atoms with van der Waals surface area (Å²) in [5.41, 5.74) is 5.59. The van der Waals surface area contributed by atoms with Crippen molar-refractivity contribution in [3.63, 3.8) is 0 Å². The number of aliphatic hydroxyl groups excluding tert-OH is 1. The Hall–Kier alpha value is -3.75. The van der Waals surface area contributed by atoms with Crippen molar-refractivity contribution < 1.29 is 14.6 Å². The van der Waals surface area contributed by atoms with Gasteiger partial charge in [-0.15, -0.1) is 0 Å². The summed E-state index contributed by atoms with van der Waals surface area (Å²) in [7, 11) is 3.58. The van der Waals surface area contributed by atoms with Crippen molar-refractivity contribution in [2.45, 2.75) is 38.1 Å². The number of nitrogens with zero attached hydrogens (tertiary/aromatic N) is 4. The van der Waals surface area contributed by atoms with Crippen molar-refractivity contribution >= 4 is 5.91 Å². The lowest BCUT2D eigenvalue weighted by Crippen LogP contribution is -2.39. The highest BCUT2D eigenvalue weighted by Gasteiger charge is 2.44. The van der Waals surface area contributed by atoms with E-state index in [0.717, 1.165) is 46.6 Å². The molecule has 1 saturated carbocycles. The van der Waals surface area contributed by atoms with E-state index >= 15 is 0 Å². The van der Waals surface area contributed by atoms with Crippen LogP contribution in [0, 0.1) is 18.8 Å². The van der Waals surface area contributed by atoms with Crippen LogP contribution in [0.3, 0.4) is 0 Å². The molecule has 2 heterocycles. The van der Waals surface area contributed by atoms with Crippen molar-refractivity contribution in [1.82, 2.24) is 24.9 Å². The Labute approximate surface area is 229 Å². The highest BCUT2D eigenvalue weighted by Crippen LogP contribution is 2.45. The lowest BCUT2D eigenvalue weighted by Gasteiger charge is -2.26. The highest BCUT2D eigenvalue weighted by molar-refractivity contribution is 5.80. The zero-order chi connectivity index (χ0) is 27.4. The van der Waals surface area contributed by atoms with Gasteiger partial charge in [-0.1, -0.05) is 48.5 Å². The van der Waals surface area contributed by atoms with Gasteiger partial charge in [0, 0.05) is 51.1 Å². The number of para-hydroxylation sites is 1. The number of rotatable bonds is 10. The summed E-state index contributed by atoms with van der Waals surface area (Å²) in [4.78, 5) is 13.7. The number of ether oxygens (including phenoxy) is 1. The summed E-state index contributed by atoms with van der Waals surface area (Å²) >= 11 is 0. The SMILES string of the molecule is COCC[C@@H]1C[C@@H](NC(=O)Cc2c(C)c(-c3cnn(C)c3)nn2-c2ccccc2)[C@H](c2ccccc2)[C@H]1CO. The van der Waals surface area contributed by atoms with Crippen molar-refractivity contribution in [3.05, 3.63) is 89.9 Å². The van der Waals surface area contributed by atoms with Gasteiger partial charge in [0.2, 0.25) is 5.91 Å². The molecular formula is C31H37N5O3. The molecule has 2 N–H and O–H groups in total. The normalized spacial score (nSPS) is 20.8. The molecule has 4 aromatic rings. The van der Waals surface area contributed by atoms with E-state index in [1.807, 2.05) is 73.4 Å². The Morgan fingerprint density at radius 2 is 1.85 bits per heavy atom. The molecule has 1 aliphatic carbocycles. The largest absolute Gasteiger partial charge is 0.396 e. The number of nitrogens with one attached hydrogen (secondary N) is 1. The minimum absolute atomic E-state index is 0.0353. The fourth-order valence-electron chi connectivity index (χ4n) is 6.16. The number of hydrogen-bond donors (Lipinski definition) is 2. The topological polar surface area (TPSA) is 94.2 Å². The van der Waals surface area contributed by atoms with E-state index in [9.17, 15) is 9.90 Å². The minimum Gasteiger partial charge on any atom is -0.396 e. The number of aryl methyl sites for hydroxylation is 1. The average Bonchev–Trinajstić information content (AvgIpc) is 3.63. The maximum absolute atomic E-state index is 13.7. The summed E-state index contributed by atoms with van der Waals surface area (Å²) < 4.78 is 8.98. The predicted octanol–water partition coefficient (Wildman–Crippen LogP) is 4.06. The zero-order valence-electron chi connectivity index (χ0n) is 22.8. The molecule has 2 aromatic heterocycles. The first-order valence-corrected chi connectivity index (χ1v) is 13.6. The first-order valence-electron chi connectivity index (χ1n) is 13.6. The lowest BCUT2D eigenvalue weighted by molar-refractivity contribution is -0.121. The van der Waals surface area contributed by atoms with Gasteiger partial charge in [0.1, 0.15) is 0 Å². The van der Waals surface area contributed by atoms with Gasteiger partial charge in [-0.25, -0.2) is 4.68 Å². The van der Waals surface area contributed by atoms with Gasteiger partial charge in [-0.05, 0) is 54.9 Å². The number of benzene rings is 2. The third kappa shape index (κ3) is 5.67. The maximum Gasteiger partial charge on any atom is 0.226 e. The summed E-state index contributed by atoms with van der Waals surface area (Å²) in [5, 5.41) is 23.0. The van der Waals surface area contributed by atoms with Gasteiger partial charge in [0.15, 0.2) is 0 Å². The van der Waals surface area contributed by atoms with E-state index in [-0.39, 0.29) is 42.7 Å². The van der Waals surface area contributed by atoms with Gasteiger partial charge in [0.05, 0.1) is 29.7 Å². The number of carbonyl (C=O) groups excluding carboxylic acids is 1. The van der Waals surface area contributed by atoms with Crippen LogP contribution in [0.25, 0.3) is 16.9 Å². The molecule has 1 amide bonds.